The summed E-state index contributed by atoms with van der Waals surface area (Å²) in [5.74, 6) is -0.379. The molecule has 1 aromatic rings. The Morgan fingerprint density at radius 3 is 2.55 bits per heavy atom. The minimum atomic E-state index is -1.31. The minimum absolute atomic E-state index is 0.211. The fourth-order valence-corrected chi connectivity index (χ4v) is 2.37. The zero-order valence-corrected chi connectivity index (χ0v) is 12.3. The Balaban J connectivity index is 2.07. The maximum absolute atomic E-state index is 11.3. The summed E-state index contributed by atoms with van der Waals surface area (Å²) < 4.78 is 11.1. The van der Waals surface area contributed by atoms with Gasteiger partial charge in [-0.15, -0.1) is 0 Å². The molecule has 0 spiro atoms. The van der Waals surface area contributed by atoms with E-state index < -0.39 is 37.3 Å². The molecular formula is C15H21NO6. The van der Waals surface area contributed by atoms with Crippen LogP contribution in [-0.2, 0) is 20.9 Å². The first-order chi connectivity index (χ1) is 10.5. The zero-order valence-electron chi connectivity index (χ0n) is 12.3. The van der Waals surface area contributed by atoms with Crippen LogP contribution in [0.15, 0.2) is 30.3 Å². The standard InChI is InChI=1S/C15H21NO6/c1-9(18)16-12-14(20)13(19)11(7-17)22-15(12)21-8-10-5-3-2-4-6-10/h2-6,11-15,17,19-20H,7-8H2,1H3,(H,16,18)/t11?,12-,13-,14+,15-/m0/s1. The van der Waals surface area contributed by atoms with Gasteiger partial charge in [0.2, 0.25) is 5.91 Å². The van der Waals surface area contributed by atoms with E-state index in [2.05, 4.69) is 5.32 Å². The van der Waals surface area contributed by atoms with E-state index in [1.165, 1.54) is 6.92 Å². The van der Waals surface area contributed by atoms with Gasteiger partial charge in [-0.3, -0.25) is 4.79 Å². The summed E-state index contributed by atoms with van der Waals surface area (Å²) in [6, 6.07) is 8.42. The van der Waals surface area contributed by atoms with E-state index in [-0.39, 0.29) is 12.5 Å². The molecule has 2 rings (SSSR count). The molecule has 1 fully saturated rings. The van der Waals surface area contributed by atoms with Crippen LogP contribution in [0, 0.1) is 0 Å². The molecule has 1 unspecified atom stereocenters. The van der Waals surface area contributed by atoms with E-state index >= 15 is 0 Å². The summed E-state index contributed by atoms with van der Waals surface area (Å²) >= 11 is 0. The number of amides is 1. The van der Waals surface area contributed by atoms with E-state index in [1.807, 2.05) is 30.3 Å². The van der Waals surface area contributed by atoms with Crippen molar-refractivity contribution < 1.29 is 29.6 Å². The third-order valence-electron chi connectivity index (χ3n) is 3.51. The van der Waals surface area contributed by atoms with Crippen molar-refractivity contribution in [2.45, 2.75) is 44.2 Å². The van der Waals surface area contributed by atoms with Crippen molar-refractivity contribution in [3.63, 3.8) is 0 Å². The molecule has 5 atom stereocenters. The number of carbonyl (C=O) groups is 1. The highest BCUT2D eigenvalue weighted by Crippen LogP contribution is 2.23. The summed E-state index contributed by atoms with van der Waals surface area (Å²) in [5, 5.41) is 31.7. The summed E-state index contributed by atoms with van der Waals surface area (Å²) in [5.41, 5.74) is 0.897. The molecule has 1 aromatic carbocycles. The summed E-state index contributed by atoms with van der Waals surface area (Å²) in [6.07, 6.45) is -4.55. The van der Waals surface area contributed by atoms with Gasteiger partial charge in [-0.25, -0.2) is 0 Å². The molecule has 1 aliphatic heterocycles. The molecule has 0 saturated carbocycles. The first-order valence-corrected chi connectivity index (χ1v) is 7.08. The molecule has 0 aromatic heterocycles. The lowest BCUT2D eigenvalue weighted by Gasteiger charge is -2.42. The fourth-order valence-electron chi connectivity index (χ4n) is 2.37. The lowest BCUT2D eigenvalue weighted by molar-refractivity contribution is -0.273. The highest BCUT2D eigenvalue weighted by molar-refractivity contribution is 5.73. The van der Waals surface area contributed by atoms with E-state index in [1.54, 1.807) is 0 Å². The van der Waals surface area contributed by atoms with Gasteiger partial charge in [0.05, 0.1) is 13.2 Å². The Bertz CT molecular complexity index is 482. The number of hydrogen-bond acceptors (Lipinski definition) is 6. The Kier molecular flexibility index (Phi) is 5.87. The van der Waals surface area contributed by atoms with Gasteiger partial charge in [0.25, 0.3) is 0 Å². The van der Waals surface area contributed by atoms with Crippen LogP contribution in [0.4, 0.5) is 0 Å². The van der Waals surface area contributed by atoms with Crippen molar-refractivity contribution in [3.8, 4) is 0 Å². The SMILES string of the molecule is CC(=O)N[C@@H]1[C@@H](OCc2ccccc2)OC(CO)[C@H](O)[C@@H]1O. The fraction of sp³-hybridized carbons (Fsp3) is 0.533. The molecule has 1 amide bonds. The van der Waals surface area contributed by atoms with Crippen LogP contribution in [-0.4, -0.2) is 58.5 Å². The summed E-state index contributed by atoms with van der Waals surface area (Å²) in [7, 11) is 0. The van der Waals surface area contributed by atoms with Crippen molar-refractivity contribution in [1.29, 1.82) is 0 Å². The molecule has 22 heavy (non-hydrogen) atoms. The van der Waals surface area contributed by atoms with Crippen molar-refractivity contribution >= 4 is 5.91 Å². The van der Waals surface area contributed by atoms with Gasteiger partial charge < -0.3 is 30.1 Å². The number of carbonyl (C=O) groups excluding carboxylic acids is 1. The molecule has 122 valence electrons. The Morgan fingerprint density at radius 2 is 1.95 bits per heavy atom. The van der Waals surface area contributed by atoms with Crippen LogP contribution < -0.4 is 5.32 Å². The van der Waals surface area contributed by atoms with Crippen molar-refractivity contribution in [2.75, 3.05) is 6.61 Å². The Hall–Kier alpha value is -1.51. The quantitative estimate of drug-likeness (QED) is 0.564. The molecule has 0 aliphatic carbocycles. The number of aliphatic hydroxyl groups excluding tert-OH is 3. The number of hydrogen-bond donors (Lipinski definition) is 4. The van der Waals surface area contributed by atoms with Crippen LogP contribution in [0.2, 0.25) is 0 Å². The predicted molar refractivity (Wildman–Crippen MR) is 76.6 cm³/mol. The highest BCUT2D eigenvalue weighted by Gasteiger charge is 2.45. The third kappa shape index (κ3) is 4.02. The van der Waals surface area contributed by atoms with E-state index in [0.29, 0.717) is 0 Å². The number of aliphatic hydroxyl groups is 3. The number of nitrogens with one attached hydrogen (secondary N) is 1. The second-order valence-corrected chi connectivity index (χ2v) is 5.23. The van der Waals surface area contributed by atoms with E-state index in [9.17, 15) is 20.1 Å². The molecule has 1 aliphatic rings. The van der Waals surface area contributed by atoms with Crippen LogP contribution >= 0.6 is 0 Å². The van der Waals surface area contributed by atoms with Gasteiger partial charge in [-0.2, -0.15) is 0 Å². The van der Waals surface area contributed by atoms with Crippen LogP contribution in [0.25, 0.3) is 0 Å². The van der Waals surface area contributed by atoms with Crippen molar-refractivity contribution in [3.05, 3.63) is 35.9 Å². The third-order valence-corrected chi connectivity index (χ3v) is 3.51. The van der Waals surface area contributed by atoms with Gasteiger partial charge in [-0.1, -0.05) is 30.3 Å². The topological polar surface area (TPSA) is 108 Å². The molecule has 7 heteroatoms. The molecular weight excluding hydrogens is 290 g/mol. The minimum Gasteiger partial charge on any atom is -0.394 e. The van der Waals surface area contributed by atoms with Gasteiger partial charge in [0.15, 0.2) is 6.29 Å². The second kappa shape index (κ2) is 7.66. The predicted octanol–water partition coefficient (Wildman–Crippen LogP) is -0.853. The summed E-state index contributed by atoms with van der Waals surface area (Å²) in [4.78, 5) is 11.3. The molecule has 4 N–H and O–H groups in total. The zero-order chi connectivity index (χ0) is 16.1. The molecule has 1 heterocycles. The van der Waals surface area contributed by atoms with Crippen molar-refractivity contribution in [2.24, 2.45) is 0 Å². The first kappa shape index (κ1) is 16.9. The number of rotatable bonds is 5. The van der Waals surface area contributed by atoms with Crippen LogP contribution in [0.1, 0.15) is 12.5 Å². The van der Waals surface area contributed by atoms with Crippen LogP contribution in [0.5, 0.6) is 0 Å². The number of benzene rings is 1. The first-order valence-electron chi connectivity index (χ1n) is 7.08. The van der Waals surface area contributed by atoms with Gasteiger partial charge in [0, 0.05) is 6.92 Å². The van der Waals surface area contributed by atoms with Gasteiger partial charge in [0.1, 0.15) is 24.4 Å². The van der Waals surface area contributed by atoms with E-state index in [0.717, 1.165) is 5.56 Å². The molecule has 7 nitrogen and oxygen atoms in total. The highest BCUT2D eigenvalue weighted by atomic mass is 16.7. The smallest absolute Gasteiger partial charge is 0.217 e. The lowest BCUT2D eigenvalue weighted by atomic mass is 9.97. The summed E-state index contributed by atoms with van der Waals surface area (Å²) in [6.45, 7) is 1.05. The monoisotopic (exact) mass is 311 g/mol. The maximum Gasteiger partial charge on any atom is 0.217 e. The average molecular weight is 311 g/mol. The maximum atomic E-state index is 11.3. The lowest BCUT2D eigenvalue weighted by Crippen LogP contribution is -2.64. The number of ether oxygens (including phenoxy) is 2. The normalized spacial score (nSPS) is 31.7. The Labute approximate surface area is 128 Å². The second-order valence-electron chi connectivity index (χ2n) is 5.23. The Morgan fingerprint density at radius 1 is 1.27 bits per heavy atom. The molecule has 0 bridgehead atoms. The van der Waals surface area contributed by atoms with Gasteiger partial charge >= 0.3 is 0 Å². The van der Waals surface area contributed by atoms with Crippen LogP contribution in [0.3, 0.4) is 0 Å². The van der Waals surface area contributed by atoms with Crippen molar-refractivity contribution in [1.82, 2.24) is 5.32 Å². The largest absolute Gasteiger partial charge is 0.394 e. The molecule has 1 saturated heterocycles. The van der Waals surface area contributed by atoms with Gasteiger partial charge in [-0.05, 0) is 5.56 Å². The van der Waals surface area contributed by atoms with E-state index in [4.69, 9.17) is 9.47 Å². The molecule has 0 radical (unpaired) electrons. The average Bonchev–Trinajstić information content (AvgIpc) is 2.52.